The van der Waals surface area contributed by atoms with E-state index in [1.165, 1.54) is 0 Å². The Kier molecular flexibility index (Phi) is 4.90. The Labute approximate surface area is 176 Å². The van der Waals surface area contributed by atoms with Gasteiger partial charge < -0.3 is 10.5 Å². The molecule has 0 amide bonds. The topological polar surface area (TPSA) is 69.1 Å². The molecule has 1 radical (unpaired) electrons. The number of carbonyl (C=O) groups excluding carboxylic acids is 1. The second kappa shape index (κ2) is 7.41. The third-order valence-electron chi connectivity index (χ3n) is 5.47. The molecule has 0 aliphatic heterocycles. The number of rotatable bonds is 5. The maximum Gasteiger partial charge on any atom is 0.418 e. The van der Waals surface area contributed by atoms with E-state index in [4.69, 9.17) is 15.5 Å². The number of fused-ring (bicyclic) bond motifs is 2. The number of nitrogen functional groups attached to an aromatic ring is 1. The average molecular weight is 399 g/mol. The van der Waals surface area contributed by atoms with Crippen LogP contribution in [-0.2, 0) is 16.0 Å². The zero-order chi connectivity index (χ0) is 21.5. The van der Waals surface area contributed by atoms with E-state index in [0.717, 1.165) is 50.1 Å². The van der Waals surface area contributed by atoms with Crippen LogP contribution in [0, 0.1) is 13.8 Å². The smallest absolute Gasteiger partial charge is 0.418 e. The molecule has 2 N–H and O–H groups in total. The highest BCUT2D eigenvalue weighted by Crippen LogP contribution is 2.26. The van der Waals surface area contributed by atoms with Crippen LogP contribution in [-0.4, -0.2) is 17.1 Å². The molecule has 5 heteroatoms. The summed E-state index contributed by atoms with van der Waals surface area (Å²) < 4.78 is 7.36. The minimum Gasteiger partial charge on any atom is -0.451 e. The Bertz CT molecular complexity index is 1260. The molecule has 0 fully saturated rings. The van der Waals surface area contributed by atoms with Crippen LogP contribution in [0.2, 0.25) is 0 Å². The van der Waals surface area contributed by atoms with Crippen molar-refractivity contribution in [1.82, 2.24) is 4.98 Å². The van der Waals surface area contributed by atoms with Crippen LogP contribution in [0.5, 0.6) is 0 Å². The van der Waals surface area contributed by atoms with E-state index in [0.29, 0.717) is 6.42 Å². The van der Waals surface area contributed by atoms with Crippen molar-refractivity contribution in [2.45, 2.75) is 39.7 Å². The summed E-state index contributed by atoms with van der Waals surface area (Å²) in [5.41, 5.74) is 14.3. The van der Waals surface area contributed by atoms with Gasteiger partial charge in [-0.05, 0) is 56.5 Å². The number of anilines is 1. The Balaban J connectivity index is 2.06. The van der Waals surface area contributed by atoms with Gasteiger partial charge in [0.05, 0.1) is 0 Å². The summed E-state index contributed by atoms with van der Waals surface area (Å²) in [6.07, 6.45) is 0.576. The second-order valence-corrected chi connectivity index (χ2v) is 8.37. The first-order valence-corrected chi connectivity index (χ1v) is 9.95. The summed E-state index contributed by atoms with van der Waals surface area (Å²) in [6, 6.07) is 18.4. The number of aromatic nitrogens is 2. The van der Waals surface area contributed by atoms with E-state index in [9.17, 15) is 4.79 Å². The van der Waals surface area contributed by atoms with Gasteiger partial charge in [-0.2, -0.15) is 0 Å². The van der Waals surface area contributed by atoms with Gasteiger partial charge in [0.15, 0.2) is 0 Å². The summed E-state index contributed by atoms with van der Waals surface area (Å²) in [5.74, 6) is 0. The van der Waals surface area contributed by atoms with Crippen LogP contribution in [0.1, 0.15) is 30.5 Å². The van der Waals surface area contributed by atoms with E-state index in [1.54, 1.807) is 6.47 Å². The van der Waals surface area contributed by atoms with E-state index >= 15 is 0 Å². The second-order valence-electron chi connectivity index (χ2n) is 8.37. The lowest BCUT2D eigenvalue weighted by Crippen LogP contribution is -2.34. The van der Waals surface area contributed by atoms with Gasteiger partial charge in [0.1, 0.15) is 16.6 Å². The van der Waals surface area contributed by atoms with Crippen molar-refractivity contribution in [3.63, 3.8) is 0 Å². The van der Waals surface area contributed by atoms with Crippen molar-refractivity contribution in [3.05, 3.63) is 71.3 Å². The molecular weight excluding hydrogens is 374 g/mol. The van der Waals surface area contributed by atoms with E-state index in [-0.39, 0.29) is 0 Å². The third kappa shape index (κ3) is 3.59. The summed E-state index contributed by atoms with van der Waals surface area (Å²) in [5, 5.41) is 0. The lowest BCUT2D eigenvalue weighted by Gasteiger charge is -2.23. The normalized spacial score (nSPS) is 11.7. The molecule has 0 aliphatic carbocycles. The van der Waals surface area contributed by atoms with Crippen LogP contribution in [0.25, 0.3) is 27.8 Å². The number of hydrogen-bond donors (Lipinski definition) is 1. The fraction of sp³-hybridized carbons (Fsp3) is 0.240. The number of hydrogen-bond acceptors (Lipinski definition) is 4. The molecule has 0 spiro atoms. The number of benzene rings is 3. The highest BCUT2D eigenvalue weighted by Gasteiger charge is 2.25. The Morgan fingerprint density at radius 3 is 2.30 bits per heavy atom. The Morgan fingerprint density at radius 1 is 1.00 bits per heavy atom. The fourth-order valence-corrected chi connectivity index (χ4v) is 3.87. The average Bonchev–Trinajstić information content (AvgIpc) is 2.69. The zero-order valence-electron chi connectivity index (χ0n) is 17.7. The number of nitrogens with two attached hydrogens (primary N) is 1. The van der Waals surface area contributed by atoms with Gasteiger partial charge in [-0.15, -0.1) is 4.57 Å². The summed E-state index contributed by atoms with van der Waals surface area (Å²) in [6.45, 7) is 9.40. The van der Waals surface area contributed by atoms with Crippen molar-refractivity contribution in [3.8, 4) is 5.69 Å². The maximum absolute atomic E-state index is 10.8. The Morgan fingerprint density at radius 2 is 1.63 bits per heavy atom. The van der Waals surface area contributed by atoms with Gasteiger partial charge >= 0.3 is 6.47 Å². The molecule has 0 saturated carbocycles. The van der Waals surface area contributed by atoms with Gasteiger partial charge in [0.2, 0.25) is 16.7 Å². The lowest BCUT2D eigenvalue weighted by atomic mass is 9.94. The van der Waals surface area contributed by atoms with E-state index in [1.807, 2.05) is 51.1 Å². The standard InChI is InChI=1S/C25H24N3O2/c1-16-10-21-23(12-18(16)14-25(3,4)30-15-29)28(19-8-6-5-7-9-19)24-13-20(26)17(2)11-22(24)27-21/h5-13,26H,14H2,1-4H3/p+1. The summed E-state index contributed by atoms with van der Waals surface area (Å²) >= 11 is 0. The van der Waals surface area contributed by atoms with Crippen LogP contribution >= 0.6 is 0 Å². The number of ether oxygens (including phenoxy) is 1. The minimum atomic E-state index is -0.649. The molecule has 1 heterocycles. The van der Waals surface area contributed by atoms with E-state index in [2.05, 4.69) is 35.8 Å². The van der Waals surface area contributed by atoms with Crippen molar-refractivity contribution in [2.24, 2.45) is 0 Å². The lowest BCUT2D eigenvalue weighted by molar-refractivity contribution is -0.538. The fourth-order valence-electron chi connectivity index (χ4n) is 3.87. The number of aryl methyl sites for hydroxylation is 2. The summed E-state index contributed by atoms with van der Waals surface area (Å²) in [7, 11) is 0. The first-order chi connectivity index (χ1) is 14.3. The molecule has 0 aliphatic rings. The molecule has 4 rings (SSSR count). The van der Waals surface area contributed by atoms with Gasteiger partial charge in [-0.25, -0.2) is 9.78 Å². The first-order valence-electron chi connectivity index (χ1n) is 9.95. The SMILES string of the molecule is Cc1cc2nc3cc(C)c(CC(C)(C)O[C]=O)cc3[n+](-c3ccccc3)c2cc1N. The quantitative estimate of drug-likeness (QED) is 0.309. The van der Waals surface area contributed by atoms with Gasteiger partial charge in [-0.3, -0.25) is 0 Å². The van der Waals surface area contributed by atoms with Crippen molar-refractivity contribution in [2.75, 3.05) is 5.73 Å². The number of nitrogens with zero attached hydrogens (tertiary/aromatic N) is 2. The summed E-state index contributed by atoms with van der Waals surface area (Å²) in [4.78, 5) is 15.7. The third-order valence-corrected chi connectivity index (χ3v) is 5.47. The molecule has 3 aromatic carbocycles. The Hall–Kier alpha value is -3.47. The molecule has 1 aromatic heterocycles. The first kappa shape index (κ1) is 19.8. The van der Waals surface area contributed by atoms with E-state index < -0.39 is 5.60 Å². The van der Waals surface area contributed by atoms with Crippen LogP contribution in [0.3, 0.4) is 0 Å². The van der Waals surface area contributed by atoms with Crippen LogP contribution < -0.4 is 10.3 Å². The molecule has 4 aromatic rings. The van der Waals surface area contributed by atoms with Crippen LogP contribution in [0.4, 0.5) is 5.69 Å². The van der Waals surface area contributed by atoms with Gasteiger partial charge in [-0.1, -0.05) is 18.2 Å². The monoisotopic (exact) mass is 399 g/mol. The van der Waals surface area contributed by atoms with Crippen LogP contribution in [0.15, 0.2) is 54.6 Å². The molecular formula is C25H25N3O2+. The maximum atomic E-state index is 10.8. The predicted molar refractivity (Wildman–Crippen MR) is 119 cm³/mol. The molecule has 0 saturated heterocycles. The zero-order valence-corrected chi connectivity index (χ0v) is 17.7. The van der Waals surface area contributed by atoms with Gasteiger partial charge in [0, 0.05) is 36.4 Å². The predicted octanol–water partition coefficient (Wildman–Crippen LogP) is 4.27. The molecule has 5 nitrogen and oxygen atoms in total. The molecule has 30 heavy (non-hydrogen) atoms. The highest BCUT2D eigenvalue weighted by atomic mass is 16.5. The highest BCUT2D eigenvalue weighted by molar-refractivity contribution is 5.85. The molecule has 0 atom stereocenters. The molecule has 151 valence electrons. The van der Waals surface area contributed by atoms with Crippen molar-refractivity contribution >= 4 is 34.2 Å². The van der Waals surface area contributed by atoms with Crippen molar-refractivity contribution < 1.29 is 14.1 Å². The van der Waals surface area contributed by atoms with Crippen molar-refractivity contribution in [1.29, 1.82) is 0 Å². The van der Waals surface area contributed by atoms with Gasteiger partial charge in [0.25, 0.3) is 0 Å². The number of para-hydroxylation sites is 1. The molecule has 0 bridgehead atoms. The minimum absolute atomic E-state index is 0.576. The largest absolute Gasteiger partial charge is 0.451 e. The molecule has 0 unspecified atom stereocenters.